The number of hydrogen-bond donors (Lipinski definition) is 1. The summed E-state index contributed by atoms with van der Waals surface area (Å²) in [5.41, 5.74) is 0.311. The van der Waals surface area contributed by atoms with E-state index in [9.17, 15) is 0 Å². The number of hydrogen-bond acceptors (Lipinski definition) is 4. The van der Waals surface area contributed by atoms with Crippen LogP contribution in [-0.2, 0) is 6.42 Å². The lowest BCUT2D eigenvalue weighted by atomic mass is 9.90. The van der Waals surface area contributed by atoms with Gasteiger partial charge in [0.15, 0.2) is 0 Å². The summed E-state index contributed by atoms with van der Waals surface area (Å²) in [5.74, 6) is 0.882. The average Bonchev–Trinajstić information content (AvgIpc) is 3.20. The number of aromatic nitrogens is 1. The van der Waals surface area contributed by atoms with Crippen LogP contribution < -0.4 is 5.32 Å². The standard InChI is InChI=1S/C16H27N3S/c1-5-14-9-17-15(20-14)12(3)19-10-16(4,13-6-7-13)18-8-11(19)2/h9,11-13,18H,5-8,10H2,1-4H3. The van der Waals surface area contributed by atoms with Gasteiger partial charge in [-0.1, -0.05) is 6.92 Å². The van der Waals surface area contributed by atoms with Crippen molar-refractivity contribution in [2.24, 2.45) is 5.92 Å². The molecule has 2 heterocycles. The normalized spacial score (nSPS) is 33.3. The minimum Gasteiger partial charge on any atom is -0.308 e. The monoisotopic (exact) mass is 293 g/mol. The fraction of sp³-hybridized carbons (Fsp3) is 0.812. The third-order valence-corrected chi connectivity index (χ3v) is 6.44. The van der Waals surface area contributed by atoms with Gasteiger partial charge in [0.1, 0.15) is 5.01 Å². The zero-order chi connectivity index (χ0) is 14.3. The number of nitrogens with zero attached hydrogens (tertiary/aromatic N) is 2. The molecule has 1 aliphatic heterocycles. The van der Waals surface area contributed by atoms with Crippen LogP contribution in [0, 0.1) is 5.92 Å². The minimum absolute atomic E-state index is 0.311. The molecular formula is C16H27N3S. The van der Waals surface area contributed by atoms with Gasteiger partial charge in [-0.25, -0.2) is 4.98 Å². The van der Waals surface area contributed by atoms with E-state index in [1.165, 1.54) is 22.7 Å². The molecule has 20 heavy (non-hydrogen) atoms. The van der Waals surface area contributed by atoms with Crippen LogP contribution in [0.2, 0.25) is 0 Å². The number of aryl methyl sites for hydroxylation is 1. The zero-order valence-corrected chi connectivity index (χ0v) is 14.0. The maximum atomic E-state index is 4.66. The van der Waals surface area contributed by atoms with Crippen LogP contribution in [0.1, 0.15) is 56.5 Å². The molecule has 3 unspecified atom stereocenters. The van der Waals surface area contributed by atoms with E-state index >= 15 is 0 Å². The van der Waals surface area contributed by atoms with Crippen molar-refractivity contribution in [2.45, 2.75) is 64.6 Å². The van der Waals surface area contributed by atoms with Crippen molar-refractivity contribution >= 4 is 11.3 Å². The quantitative estimate of drug-likeness (QED) is 0.924. The fourth-order valence-corrected chi connectivity index (χ4v) is 4.35. The van der Waals surface area contributed by atoms with E-state index in [1.54, 1.807) is 0 Å². The first kappa shape index (κ1) is 14.5. The van der Waals surface area contributed by atoms with Gasteiger partial charge in [0.05, 0.1) is 6.04 Å². The molecule has 0 aromatic carbocycles. The molecule has 112 valence electrons. The van der Waals surface area contributed by atoms with E-state index < -0.39 is 0 Å². The van der Waals surface area contributed by atoms with Crippen molar-refractivity contribution in [2.75, 3.05) is 13.1 Å². The van der Waals surface area contributed by atoms with Crippen molar-refractivity contribution in [3.63, 3.8) is 0 Å². The molecule has 1 aliphatic carbocycles. The maximum Gasteiger partial charge on any atom is 0.110 e. The van der Waals surface area contributed by atoms with Gasteiger partial charge in [0.2, 0.25) is 0 Å². The fourth-order valence-electron chi connectivity index (χ4n) is 3.42. The molecule has 1 aromatic heterocycles. The highest BCUT2D eigenvalue weighted by Crippen LogP contribution is 2.42. The molecule has 0 bridgehead atoms. The molecule has 0 spiro atoms. The van der Waals surface area contributed by atoms with Gasteiger partial charge in [0.25, 0.3) is 0 Å². The van der Waals surface area contributed by atoms with Crippen LogP contribution in [0.15, 0.2) is 6.20 Å². The predicted octanol–water partition coefficient (Wildman–Crippen LogP) is 3.23. The molecule has 0 radical (unpaired) electrons. The Morgan fingerprint density at radius 1 is 1.55 bits per heavy atom. The SMILES string of the molecule is CCc1cnc(C(C)N2CC(C)(C3CC3)NCC2C)s1. The first-order chi connectivity index (χ1) is 9.53. The number of rotatable bonds is 4. The summed E-state index contributed by atoms with van der Waals surface area (Å²) >= 11 is 1.89. The number of thiazole rings is 1. The largest absolute Gasteiger partial charge is 0.308 e. The van der Waals surface area contributed by atoms with Crippen LogP contribution in [0.4, 0.5) is 0 Å². The third-order valence-electron chi connectivity index (χ3n) is 5.13. The highest BCUT2D eigenvalue weighted by molar-refractivity contribution is 7.11. The Hall–Kier alpha value is -0.450. The van der Waals surface area contributed by atoms with Gasteiger partial charge in [-0.3, -0.25) is 4.90 Å². The van der Waals surface area contributed by atoms with E-state index in [1.807, 2.05) is 11.3 Å². The second-order valence-electron chi connectivity index (χ2n) is 6.79. The summed E-state index contributed by atoms with van der Waals surface area (Å²) in [6.07, 6.45) is 5.96. The summed E-state index contributed by atoms with van der Waals surface area (Å²) in [4.78, 5) is 8.72. The lowest BCUT2D eigenvalue weighted by molar-refractivity contribution is 0.0516. The van der Waals surface area contributed by atoms with Gasteiger partial charge < -0.3 is 5.32 Å². The first-order valence-corrected chi connectivity index (χ1v) is 8.80. The summed E-state index contributed by atoms with van der Waals surface area (Å²) < 4.78 is 0. The van der Waals surface area contributed by atoms with Gasteiger partial charge in [0, 0.05) is 35.7 Å². The van der Waals surface area contributed by atoms with E-state index in [2.05, 4.69) is 49.1 Å². The van der Waals surface area contributed by atoms with Crippen LogP contribution in [0.25, 0.3) is 0 Å². The van der Waals surface area contributed by atoms with Gasteiger partial charge in [-0.15, -0.1) is 11.3 Å². The van der Waals surface area contributed by atoms with E-state index in [4.69, 9.17) is 0 Å². The Morgan fingerprint density at radius 2 is 2.30 bits per heavy atom. The molecule has 1 N–H and O–H groups in total. The van der Waals surface area contributed by atoms with E-state index in [-0.39, 0.29) is 0 Å². The lowest BCUT2D eigenvalue weighted by Gasteiger charge is -2.47. The number of nitrogens with one attached hydrogen (secondary N) is 1. The van der Waals surface area contributed by atoms with Crippen molar-refractivity contribution in [3.8, 4) is 0 Å². The van der Waals surface area contributed by atoms with Crippen molar-refractivity contribution < 1.29 is 0 Å². The topological polar surface area (TPSA) is 28.2 Å². The molecule has 3 nitrogen and oxygen atoms in total. The van der Waals surface area contributed by atoms with E-state index in [0.717, 1.165) is 25.4 Å². The molecule has 3 rings (SSSR count). The van der Waals surface area contributed by atoms with E-state index in [0.29, 0.717) is 17.6 Å². The molecule has 2 fully saturated rings. The molecule has 1 aromatic rings. The Balaban J connectivity index is 1.76. The predicted molar refractivity (Wildman–Crippen MR) is 85.2 cm³/mol. The first-order valence-electron chi connectivity index (χ1n) is 7.99. The second kappa shape index (κ2) is 5.39. The molecule has 0 amide bonds. The maximum absolute atomic E-state index is 4.66. The van der Waals surface area contributed by atoms with Crippen molar-refractivity contribution in [3.05, 3.63) is 16.1 Å². The second-order valence-corrected chi connectivity index (χ2v) is 7.94. The molecule has 1 saturated heterocycles. The average molecular weight is 293 g/mol. The third kappa shape index (κ3) is 2.66. The van der Waals surface area contributed by atoms with Crippen molar-refractivity contribution in [1.82, 2.24) is 15.2 Å². The Bertz CT molecular complexity index is 468. The Morgan fingerprint density at radius 3 is 2.90 bits per heavy atom. The summed E-state index contributed by atoms with van der Waals surface area (Å²) in [7, 11) is 0. The summed E-state index contributed by atoms with van der Waals surface area (Å²) in [6.45, 7) is 11.5. The highest BCUT2D eigenvalue weighted by atomic mass is 32.1. The van der Waals surface area contributed by atoms with Crippen LogP contribution in [-0.4, -0.2) is 34.6 Å². The molecule has 4 heteroatoms. The van der Waals surface area contributed by atoms with Gasteiger partial charge >= 0.3 is 0 Å². The molecule has 3 atom stereocenters. The van der Waals surface area contributed by atoms with Crippen LogP contribution >= 0.6 is 11.3 Å². The smallest absolute Gasteiger partial charge is 0.110 e. The lowest BCUT2D eigenvalue weighted by Crippen LogP contribution is -2.63. The molecule has 2 aliphatic rings. The Kier molecular flexibility index (Phi) is 3.91. The summed E-state index contributed by atoms with van der Waals surface area (Å²) in [5, 5.41) is 5.09. The molecular weight excluding hydrogens is 266 g/mol. The number of piperazine rings is 1. The minimum atomic E-state index is 0.311. The van der Waals surface area contributed by atoms with Gasteiger partial charge in [-0.05, 0) is 46.0 Å². The van der Waals surface area contributed by atoms with Gasteiger partial charge in [-0.2, -0.15) is 0 Å². The zero-order valence-electron chi connectivity index (χ0n) is 13.1. The van der Waals surface area contributed by atoms with Crippen molar-refractivity contribution in [1.29, 1.82) is 0 Å². The molecule has 1 saturated carbocycles. The van der Waals surface area contributed by atoms with Crippen LogP contribution in [0.3, 0.4) is 0 Å². The summed E-state index contributed by atoms with van der Waals surface area (Å²) in [6, 6.07) is 1.03. The van der Waals surface area contributed by atoms with Crippen LogP contribution in [0.5, 0.6) is 0 Å². The Labute approximate surface area is 126 Å². The highest BCUT2D eigenvalue weighted by Gasteiger charge is 2.46.